The fourth-order valence-electron chi connectivity index (χ4n) is 3.21. The molecule has 3 aliphatic heterocycles. The molecular formula is C14H18N6O4. The first-order valence-corrected chi connectivity index (χ1v) is 7.89. The molecule has 10 heteroatoms. The van der Waals surface area contributed by atoms with Crippen LogP contribution in [-0.4, -0.2) is 87.6 Å². The third-order valence-electron chi connectivity index (χ3n) is 4.50. The molecule has 128 valence electrons. The molecule has 2 atom stereocenters. The minimum Gasteiger partial charge on any atom is -0.389 e. The van der Waals surface area contributed by atoms with Crippen LogP contribution in [0.5, 0.6) is 0 Å². The van der Waals surface area contributed by atoms with Gasteiger partial charge in [-0.25, -0.2) is 4.98 Å². The Kier molecular flexibility index (Phi) is 3.68. The van der Waals surface area contributed by atoms with Crippen molar-refractivity contribution in [3.63, 3.8) is 0 Å². The van der Waals surface area contributed by atoms with Gasteiger partial charge in [0.05, 0.1) is 25.7 Å². The van der Waals surface area contributed by atoms with Crippen molar-refractivity contribution in [1.82, 2.24) is 24.6 Å². The van der Waals surface area contributed by atoms with Crippen molar-refractivity contribution in [1.29, 1.82) is 0 Å². The molecule has 0 unspecified atom stereocenters. The van der Waals surface area contributed by atoms with E-state index in [1.54, 1.807) is 16.8 Å². The van der Waals surface area contributed by atoms with Gasteiger partial charge >= 0.3 is 0 Å². The van der Waals surface area contributed by atoms with Crippen LogP contribution in [0.4, 0.5) is 0 Å². The Morgan fingerprint density at radius 1 is 1.17 bits per heavy atom. The van der Waals surface area contributed by atoms with Gasteiger partial charge in [-0.15, -0.1) is 5.10 Å². The van der Waals surface area contributed by atoms with E-state index in [0.29, 0.717) is 45.1 Å². The standard InChI is InChI=1S/C14H18N6O4/c1-18-8-15-12(16-18)14(22)20-6-9-10(7-20)24-17-11(9)13(21)19-2-4-23-5-3-19/h8-10H,2-7H2,1H3/t9-,10+/m0/s1. The van der Waals surface area contributed by atoms with Crippen molar-refractivity contribution in [2.45, 2.75) is 6.10 Å². The van der Waals surface area contributed by atoms with Crippen molar-refractivity contribution in [2.75, 3.05) is 39.4 Å². The van der Waals surface area contributed by atoms with Crippen LogP contribution in [0.3, 0.4) is 0 Å². The molecule has 2 amide bonds. The lowest BCUT2D eigenvalue weighted by atomic mass is 10.00. The van der Waals surface area contributed by atoms with E-state index in [1.165, 1.54) is 11.0 Å². The van der Waals surface area contributed by atoms with E-state index >= 15 is 0 Å². The molecule has 1 aromatic heterocycles. The van der Waals surface area contributed by atoms with Gasteiger partial charge in [0.1, 0.15) is 6.33 Å². The highest BCUT2D eigenvalue weighted by Crippen LogP contribution is 2.28. The summed E-state index contributed by atoms with van der Waals surface area (Å²) in [5.41, 5.74) is 0.395. The molecule has 0 aliphatic carbocycles. The van der Waals surface area contributed by atoms with Crippen molar-refractivity contribution in [3.05, 3.63) is 12.2 Å². The maximum absolute atomic E-state index is 12.6. The molecule has 24 heavy (non-hydrogen) atoms. The third-order valence-corrected chi connectivity index (χ3v) is 4.50. The normalized spacial score (nSPS) is 26.1. The summed E-state index contributed by atoms with van der Waals surface area (Å²) >= 11 is 0. The molecule has 0 aromatic carbocycles. The highest BCUT2D eigenvalue weighted by atomic mass is 16.6. The number of aromatic nitrogens is 3. The summed E-state index contributed by atoms with van der Waals surface area (Å²) in [6.07, 6.45) is 1.20. The van der Waals surface area contributed by atoms with E-state index in [4.69, 9.17) is 9.57 Å². The number of carbonyl (C=O) groups excluding carboxylic acids is 2. The van der Waals surface area contributed by atoms with Crippen molar-refractivity contribution in [2.24, 2.45) is 18.1 Å². The average Bonchev–Trinajstić information content (AvgIpc) is 3.29. The molecule has 0 saturated carbocycles. The number of hydrogen-bond donors (Lipinski definition) is 0. The summed E-state index contributed by atoms with van der Waals surface area (Å²) in [6.45, 7) is 2.93. The van der Waals surface area contributed by atoms with Gasteiger partial charge in [0.15, 0.2) is 11.8 Å². The van der Waals surface area contributed by atoms with Crippen LogP contribution in [0.25, 0.3) is 0 Å². The van der Waals surface area contributed by atoms with E-state index < -0.39 is 0 Å². The van der Waals surface area contributed by atoms with Crippen LogP contribution in [0.1, 0.15) is 10.6 Å². The van der Waals surface area contributed by atoms with Gasteiger partial charge in [0.2, 0.25) is 5.82 Å². The zero-order valence-electron chi connectivity index (χ0n) is 13.3. The minimum absolute atomic E-state index is 0.129. The molecule has 2 saturated heterocycles. The number of oxime groups is 1. The predicted octanol–water partition coefficient (Wildman–Crippen LogP) is -1.50. The molecule has 2 fully saturated rings. The third kappa shape index (κ3) is 2.52. The zero-order chi connectivity index (χ0) is 16.7. The molecule has 0 radical (unpaired) electrons. The summed E-state index contributed by atoms with van der Waals surface area (Å²) in [5, 5.41) is 8.01. The van der Waals surface area contributed by atoms with Crippen LogP contribution in [0.15, 0.2) is 11.5 Å². The van der Waals surface area contributed by atoms with Gasteiger partial charge in [0, 0.05) is 26.7 Å². The SMILES string of the molecule is Cn1cnc(C(=O)N2C[C@@H]3C(C(=O)N4CCOCC4)=NO[C@@H]3C2)n1. The van der Waals surface area contributed by atoms with Crippen molar-refractivity contribution < 1.29 is 19.2 Å². The first kappa shape index (κ1) is 15.1. The highest BCUT2D eigenvalue weighted by molar-refractivity contribution is 6.40. The maximum Gasteiger partial charge on any atom is 0.293 e. The smallest absolute Gasteiger partial charge is 0.293 e. The van der Waals surface area contributed by atoms with E-state index in [-0.39, 0.29) is 29.7 Å². The number of fused-ring (bicyclic) bond motifs is 1. The number of aryl methyl sites for hydroxylation is 1. The van der Waals surface area contributed by atoms with Crippen LogP contribution in [0, 0.1) is 5.92 Å². The second-order valence-electron chi connectivity index (χ2n) is 6.08. The lowest BCUT2D eigenvalue weighted by molar-refractivity contribution is -0.128. The largest absolute Gasteiger partial charge is 0.389 e. The Balaban J connectivity index is 1.45. The Morgan fingerprint density at radius 3 is 2.67 bits per heavy atom. The van der Waals surface area contributed by atoms with E-state index in [2.05, 4.69) is 15.2 Å². The van der Waals surface area contributed by atoms with E-state index in [0.717, 1.165) is 0 Å². The quantitative estimate of drug-likeness (QED) is 0.652. The molecule has 1 aromatic rings. The average molecular weight is 334 g/mol. The topological polar surface area (TPSA) is 102 Å². The van der Waals surface area contributed by atoms with Crippen LogP contribution < -0.4 is 0 Å². The second kappa shape index (κ2) is 5.86. The Morgan fingerprint density at radius 2 is 1.96 bits per heavy atom. The molecule has 10 nitrogen and oxygen atoms in total. The Bertz CT molecular complexity index is 695. The predicted molar refractivity (Wildman–Crippen MR) is 80.1 cm³/mol. The summed E-state index contributed by atoms with van der Waals surface area (Å²) in [7, 11) is 1.71. The van der Waals surface area contributed by atoms with Gasteiger partial charge < -0.3 is 19.4 Å². The number of hydrogen-bond acceptors (Lipinski definition) is 7. The number of likely N-dealkylation sites (tertiary alicyclic amines) is 1. The van der Waals surface area contributed by atoms with Crippen molar-refractivity contribution in [3.8, 4) is 0 Å². The fourth-order valence-corrected chi connectivity index (χ4v) is 3.21. The molecule has 4 heterocycles. The summed E-state index contributed by atoms with van der Waals surface area (Å²) < 4.78 is 6.75. The van der Waals surface area contributed by atoms with Crippen LogP contribution in [0.2, 0.25) is 0 Å². The summed E-state index contributed by atoms with van der Waals surface area (Å²) in [4.78, 5) is 37.8. The molecule has 3 aliphatic rings. The fraction of sp³-hybridized carbons (Fsp3) is 0.643. The van der Waals surface area contributed by atoms with E-state index in [9.17, 15) is 9.59 Å². The Labute approximate surface area is 138 Å². The van der Waals surface area contributed by atoms with Gasteiger partial charge in [0.25, 0.3) is 11.8 Å². The minimum atomic E-state index is -0.280. The monoisotopic (exact) mass is 334 g/mol. The molecular weight excluding hydrogens is 316 g/mol. The molecule has 0 bridgehead atoms. The van der Waals surface area contributed by atoms with Crippen LogP contribution >= 0.6 is 0 Å². The number of amides is 2. The van der Waals surface area contributed by atoms with E-state index in [1.807, 2.05) is 0 Å². The van der Waals surface area contributed by atoms with Gasteiger partial charge in [-0.3, -0.25) is 14.3 Å². The Hall–Kier alpha value is -2.49. The number of rotatable bonds is 2. The first-order chi connectivity index (χ1) is 11.6. The van der Waals surface area contributed by atoms with Crippen LogP contribution in [-0.2, 0) is 21.4 Å². The van der Waals surface area contributed by atoms with Gasteiger partial charge in [-0.05, 0) is 0 Å². The number of morpholine rings is 1. The molecule has 0 spiro atoms. The first-order valence-electron chi connectivity index (χ1n) is 7.89. The lowest BCUT2D eigenvalue weighted by Crippen LogP contribution is -2.46. The van der Waals surface area contributed by atoms with Gasteiger partial charge in [-0.2, -0.15) is 0 Å². The van der Waals surface area contributed by atoms with Crippen molar-refractivity contribution >= 4 is 17.5 Å². The molecule has 0 N–H and O–H groups in total. The second-order valence-corrected chi connectivity index (χ2v) is 6.08. The lowest BCUT2D eigenvalue weighted by Gasteiger charge is -2.27. The summed E-state index contributed by atoms with van der Waals surface area (Å²) in [5.74, 6) is -0.439. The number of nitrogens with zero attached hydrogens (tertiary/aromatic N) is 6. The summed E-state index contributed by atoms with van der Waals surface area (Å²) in [6, 6.07) is 0. The zero-order valence-corrected chi connectivity index (χ0v) is 13.3. The number of ether oxygens (including phenoxy) is 1. The van der Waals surface area contributed by atoms with Gasteiger partial charge in [-0.1, -0.05) is 5.16 Å². The highest BCUT2D eigenvalue weighted by Gasteiger charge is 2.47. The number of carbonyl (C=O) groups is 2. The maximum atomic E-state index is 12.6. The molecule has 4 rings (SSSR count).